The Morgan fingerprint density at radius 1 is 1.27 bits per heavy atom. The zero-order chi connectivity index (χ0) is 16.1. The van der Waals surface area contributed by atoms with E-state index < -0.39 is 0 Å². The molecule has 1 amide bonds. The van der Waals surface area contributed by atoms with Crippen LogP contribution in [0.2, 0.25) is 0 Å². The number of hydrogen-bond donors (Lipinski definition) is 0. The molecule has 1 heterocycles. The molecule has 0 N–H and O–H groups in total. The number of rotatable bonds is 6. The summed E-state index contributed by atoms with van der Waals surface area (Å²) in [7, 11) is 3.90. The van der Waals surface area contributed by atoms with Crippen LogP contribution in [0.1, 0.15) is 20.3 Å². The Balaban J connectivity index is 1.79. The van der Waals surface area contributed by atoms with Crippen LogP contribution in [-0.2, 0) is 4.79 Å². The lowest BCUT2D eigenvalue weighted by molar-refractivity contribution is -0.119. The van der Waals surface area contributed by atoms with Crippen LogP contribution >= 0.6 is 0 Å². The Morgan fingerprint density at radius 3 is 2.55 bits per heavy atom. The van der Waals surface area contributed by atoms with Crippen molar-refractivity contribution in [3.05, 3.63) is 30.3 Å². The van der Waals surface area contributed by atoms with Gasteiger partial charge in [-0.3, -0.25) is 9.69 Å². The van der Waals surface area contributed by atoms with Gasteiger partial charge in [-0.15, -0.1) is 0 Å². The van der Waals surface area contributed by atoms with Crippen LogP contribution in [0.4, 0.5) is 5.69 Å². The van der Waals surface area contributed by atoms with E-state index in [0.717, 1.165) is 18.8 Å². The van der Waals surface area contributed by atoms with Gasteiger partial charge in [-0.25, -0.2) is 0 Å². The van der Waals surface area contributed by atoms with Gasteiger partial charge in [0.15, 0.2) is 0 Å². The number of carbonyl (C=O) groups is 1. The molecule has 2 rings (SSSR count). The van der Waals surface area contributed by atoms with E-state index in [4.69, 9.17) is 0 Å². The molecule has 0 aliphatic carbocycles. The van der Waals surface area contributed by atoms with Crippen molar-refractivity contribution >= 4 is 11.6 Å². The van der Waals surface area contributed by atoms with Crippen LogP contribution in [0.5, 0.6) is 0 Å². The SMILES string of the molecule is CC(C)N1CC[C@@H](CN(C)CC(=O)N(C)c2ccccc2)C1. The minimum Gasteiger partial charge on any atom is -0.314 e. The number of likely N-dealkylation sites (tertiary alicyclic amines) is 1. The first-order valence-corrected chi connectivity index (χ1v) is 8.21. The predicted octanol–water partition coefficient (Wildman–Crippen LogP) is 2.31. The number of hydrogen-bond acceptors (Lipinski definition) is 3. The molecule has 0 unspecified atom stereocenters. The summed E-state index contributed by atoms with van der Waals surface area (Å²) >= 11 is 0. The molecule has 1 aromatic rings. The van der Waals surface area contributed by atoms with E-state index in [2.05, 4.69) is 30.7 Å². The summed E-state index contributed by atoms with van der Waals surface area (Å²) in [5.74, 6) is 0.828. The van der Waals surface area contributed by atoms with Crippen molar-refractivity contribution in [2.45, 2.75) is 26.3 Å². The Labute approximate surface area is 134 Å². The maximum Gasteiger partial charge on any atom is 0.240 e. The Bertz CT molecular complexity index is 474. The third kappa shape index (κ3) is 4.55. The molecule has 0 radical (unpaired) electrons. The average molecular weight is 303 g/mol. The van der Waals surface area contributed by atoms with Gasteiger partial charge in [0.25, 0.3) is 0 Å². The molecule has 1 saturated heterocycles. The van der Waals surface area contributed by atoms with Crippen molar-refractivity contribution in [2.24, 2.45) is 5.92 Å². The van der Waals surface area contributed by atoms with Crippen LogP contribution in [0.15, 0.2) is 30.3 Å². The molecule has 1 aromatic carbocycles. The van der Waals surface area contributed by atoms with Crippen LogP contribution in [-0.4, -0.2) is 62.0 Å². The van der Waals surface area contributed by atoms with E-state index in [9.17, 15) is 4.79 Å². The molecule has 4 heteroatoms. The van der Waals surface area contributed by atoms with Crippen molar-refractivity contribution in [1.29, 1.82) is 0 Å². The van der Waals surface area contributed by atoms with Crippen molar-refractivity contribution in [1.82, 2.24) is 9.80 Å². The molecule has 4 nitrogen and oxygen atoms in total. The molecular formula is C18H29N3O. The summed E-state index contributed by atoms with van der Waals surface area (Å²) in [6.07, 6.45) is 1.24. The topological polar surface area (TPSA) is 26.8 Å². The molecule has 1 atom stereocenters. The fourth-order valence-corrected chi connectivity index (χ4v) is 3.12. The van der Waals surface area contributed by atoms with Gasteiger partial charge in [-0.1, -0.05) is 18.2 Å². The quantitative estimate of drug-likeness (QED) is 0.807. The van der Waals surface area contributed by atoms with E-state index in [1.807, 2.05) is 37.4 Å². The summed E-state index contributed by atoms with van der Waals surface area (Å²) in [6.45, 7) is 8.33. The van der Waals surface area contributed by atoms with Crippen LogP contribution in [0.3, 0.4) is 0 Å². The van der Waals surface area contributed by atoms with Gasteiger partial charge in [0.2, 0.25) is 5.91 Å². The van der Waals surface area contributed by atoms with Gasteiger partial charge in [-0.2, -0.15) is 0 Å². The Morgan fingerprint density at radius 2 is 1.95 bits per heavy atom. The van der Waals surface area contributed by atoms with Gasteiger partial charge in [-0.05, 0) is 51.9 Å². The van der Waals surface area contributed by atoms with Gasteiger partial charge >= 0.3 is 0 Å². The van der Waals surface area contributed by atoms with E-state index in [1.54, 1.807) is 4.90 Å². The maximum absolute atomic E-state index is 12.4. The second-order valence-electron chi connectivity index (χ2n) is 6.73. The monoisotopic (exact) mass is 303 g/mol. The fourth-order valence-electron chi connectivity index (χ4n) is 3.12. The van der Waals surface area contributed by atoms with Crippen molar-refractivity contribution in [3.8, 4) is 0 Å². The number of amides is 1. The minimum absolute atomic E-state index is 0.146. The first-order valence-electron chi connectivity index (χ1n) is 8.21. The third-order valence-corrected chi connectivity index (χ3v) is 4.54. The largest absolute Gasteiger partial charge is 0.314 e. The highest BCUT2D eigenvalue weighted by Gasteiger charge is 2.25. The standard InChI is InChI=1S/C18H29N3O/c1-15(2)21-11-10-16(13-21)12-19(3)14-18(22)20(4)17-8-6-5-7-9-17/h5-9,15-16H,10-14H2,1-4H3/t16-/m0/s1. The molecular weight excluding hydrogens is 274 g/mol. The zero-order valence-corrected chi connectivity index (χ0v) is 14.3. The lowest BCUT2D eigenvalue weighted by atomic mass is 10.1. The maximum atomic E-state index is 12.4. The molecule has 122 valence electrons. The average Bonchev–Trinajstić information content (AvgIpc) is 2.95. The highest BCUT2D eigenvalue weighted by Crippen LogP contribution is 2.19. The zero-order valence-electron chi connectivity index (χ0n) is 14.3. The summed E-state index contributed by atoms with van der Waals surface area (Å²) in [6, 6.07) is 10.4. The van der Waals surface area contributed by atoms with Gasteiger partial charge in [0.1, 0.15) is 0 Å². The second kappa shape index (κ2) is 7.75. The van der Waals surface area contributed by atoms with Crippen molar-refractivity contribution < 1.29 is 4.79 Å². The van der Waals surface area contributed by atoms with Gasteiger partial charge in [0, 0.05) is 31.9 Å². The molecule has 0 bridgehead atoms. The van der Waals surface area contributed by atoms with Crippen LogP contribution in [0, 0.1) is 5.92 Å². The van der Waals surface area contributed by atoms with Crippen LogP contribution < -0.4 is 4.90 Å². The third-order valence-electron chi connectivity index (χ3n) is 4.54. The fraction of sp³-hybridized carbons (Fsp3) is 0.611. The number of likely N-dealkylation sites (N-methyl/N-ethyl adjacent to an activating group) is 2. The highest BCUT2D eigenvalue weighted by atomic mass is 16.2. The van der Waals surface area contributed by atoms with E-state index in [-0.39, 0.29) is 5.91 Å². The summed E-state index contributed by atoms with van der Waals surface area (Å²) in [5, 5.41) is 0. The molecule has 1 aliphatic rings. The molecule has 22 heavy (non-hydrogen) atoms. The number of benzene rings is 1. The first kappa shape index (κ1) is 17.0. The normalized spacial score (nSPS) is 19.1. The van der Waals surface area contributed by atoms with E-state index in [1.165, 1.54) is 13.0 Å². The lowest BCUT2D eigenvalue weighted by Crippen LogP contribution is -2.39. The number of carbonyl (C=O) groups excluding carboxylic acids is 1. The molecule has 1 fully saturated rings. The van der Waals surface area contributed by atoms with Crippen molar-refractivity contribution in [3.63, 3.8) is 0 Å². The van der Waals surface area contributed by atoms with E-state index in [0.29, 0.717) is 18.5 Å². The Kier molecular flexibility index (Phi) is 5.98. The Hall–Kier alpha value is -1.39. The minimum atomic E-state index is 0.146. The summed E-state index contributed by atoms with van der Waals surface area (Å²) in [5.41, 5.74) is 0.952. The lowest BCUT2D eigenvalue weighted by Gasteiger charge is -2.25. The van der Waals surface area contributed by atoms with Crippen LogP contribution in [0.25, 0.3) is 0 Å². The highest BCUT2D eigenvalue weighted by molar-refractivity contribution is 5.94. The summed E-state index contributed by atoms with van der Waals surface area (Å²) < 4.78 is 0. The number of nitrogens with zero attached hydrogens (tertiary/aromatic N) is 3. The second-order valence-corrected chi connectivity index (χ2v) is 6.73. The first-order chi connectivity index (χ1) is 10.5. The molecule has 1 aliphatic heterocycles. The number of para-hydroxylation sites is 1. The van der Waals surface area contributed by atoms with Crippen molar-refractivity contribution in [2.75, 3.05) is 45.2 Å². The summed E-state index contributed by atoms with van der Waals surface area (Å²) in [4.78, 5) is 18.8. The van der Waals surface area contributed by atoms with Gasteiger partial charge < -0.3 is 9.80 Å². The predicted molar refractivity (Wildman–Crippen MR) is 92.2 cm³/mol. The van der Waals surface area contributed by atoms with E-state index >= 15 is 0 Å². The smallest absolute Gasteiger partial charge is 0.240 e. The molecule has 0 aromatic heterocycles. The molecule has 0 spiro atoms. The van der Waals surface area contributed by atoms with Gasteiger partial charge in [0.05, 0.1) is 6.54 Å². The molecule has 0 saturated carbocycles. The number of anilines is 1.